The highest BCUT2D eigenvalue weighted by atomic mass is 16.5. The summed E-state index contributed by atoms with van der Waals surface area (Å²) in [6.45, 7) is 4.95. The van der Waals surface area contributed by atoms with E-state index in [0.29, 0.717) is 31.3 Å². The fourth-order valence-electron chi connectivity index (χ4n) is 2.98. The zero-order valence-electron chi connectivity index (χ0n) is 17.5. The molecule has 0 aliphatic heterocycles. The Morgan fingerprint density at radius 2 is 1.80 bits per heavy atom. The number of benzene rings is 2. The molecular formula is C23H27N5O2. The Hall–Kier alpha value is -3.61. The van der Waals surface area contributed by atoms with Crippen LogP contribution in [0.4, 0.5) is 17.5 Å². The molecule has 0 unspecified atom stereocenters. The predicted molar refractivity (Wildman–Crippen MR) is 119 cm³/mol. The topological polar surface area (TPSA) is 88.2 Å². The van der Waals surface area contributed by atoms with Crippen molar-refractivity contribution in [2.45, 2.75) is 20.3 Å². The monoisotopic (exact) mass is 405 g/mol. The lowest BCUT2D eigenvalue weighted by atomic mass is 10.1. The Kier molecular flexibility index (Phi) is 7.21. The van der Waals surface area contributed by atoms with Crippen LogP contribution in [0.1, 0.15) is 16.8 Å². The summed E-state index contributed by atoms with van der Waals surface area (Å²) in [5, 5.41) is 9.34. The average Bonchev–Trinajstić information content (AvgIpc) is 2.71. The maximum atomic E-state index is 12.1. The van der Waals surface area contributed by atoms with Gasteiger partial charge in [-0.3, -0.25) is 4.79 Å². The molecule has 1 aromatic heterocycles. The summed E-state index contributed by atoms with van der Waals surface area (Å²) >= 11 is 0. The molecule has 7 nitrogen and oxygen atoms in total. The van der Waals surface area contributed by atoms with Gasteiger partial charge in [-0.1, -0.05) is 29.8 Å². The van der Waals surface area contributed by atoms with Crippen molar-refractivity contribution in [3.05, 3.63) is 71.4 Å². The molecule has 0 fully saturated rings. The van der Waals surface area contributed by atoms with Gasteiger partial charge in [0.15, 0.2) is 0 Å². The van der Waals surface area contributed by atoms with Crippen molar-refractivity contribution >= 4 is 23.4 Å². The van der Waals surface area contributed by atoms with Crippen LogP contribution in [-0.4, -0.2) is 36.1 Å². The number of hydrogen-bond acceptors (Lipinski definition) is 6. The molecule has 2 aromatic carbocycles. The second-order valence-corrected chi connectivity index (χ2v) is 7.01. The van der Waals surface area contributed by atoms with E-state index in [4.69, 9.17) is 4.74 Å². The fourth-order valence-corrected chi connectivity index (χ4v) is 2.98. The van der Waals surface area contributed by atoms with Crippen LogP contribution >= 0.6 is 0 Å². The van der Waals surface area contributed by atoms with Gasteiger partial charge < -0.3 is 20.7 Å². The largest absolute Gasteiger partial charge is 0.497 e. The van der Waals surface area contributed by atoms with Crippen molar-refractivity contribution in [3.63, 3.8) is 0 Å². The minimum atomic E-state index is -0.00516. The number of hydrogen-bond donors (Lipinski definition) is 3. The molecular weight excluding hydrogens is 378 g/mol. The van der Waals surface area contributed by atoms with E-state index in [2.05, 4.69) is 25.9 Å². The number of nitrogens with one attached hydrogen (secondary N) is 3. The Bertz CT molecular complexity index is 989. The van der Waals surface area contributed by atoms with E-state index < -0.39 is 0 Å². The van der Waals surface area contributed by atoms with Crippen LogP contribution in [0.5, 0.6) is 5.75 Å². The smallest absolute Gasteiger partial charge is 0.224 e. The Balaban J connectivity index is 1.48. The number of nitrogens with zero attached hydrogens (tertiary/aromatic N) is 2. The van der Waals surface area contributed by atoms with Crippen molar-refractivity contribution < 1.29 is 9.53 Å². The summed E-state index contributed by atoms with van der Waals surface area (Å²) in [5.41, 5.74) is 3.91. The molecule has 0 aliphatic carbocycles. The van der Waals surface area contributed by atoms with E-state index in [1.807, 2.05) is 68.4 Å². The van der Waals surface area contributed by atoms with Gasteiger partial charge in [-0.2, -0.15) is 4.98 Å². The summed E-state index contributed by atoms with van der Waals surface area (Å²) in [4.78, 5) is 21.0. The van der Waals surface area contributed by atoms with Gasteiger partial charge in [-0.15, -0.1) is 0 Å². The maximum absolute atomic E-state index is 12.1. The second kappa shape index (κ2) is 10.2. The number of carbonyl (C=O) groups excluding carboxylic acids is 1. The van der Waals surface area contributed by atoms with E-state index in [0.717, 1.165) is 28.3 Å². The number of carbonyl (C=O) groups is 1. The van der Waals surface area contributed by atoms with Gasteiger partial charge in [-0.05, 0) is 43.7 Å². The fraction of sp³-hybridized carbons (Fsp3) is 0.261. The first-order valence-electron chi connectivity index (χ1n) is 9.85. The van der Waals surface area contributed by atoms with Crippen molar-refractivity contribution in [1.29, 1.82) is 0 Å². The Labute approximate surface area is 176 Å². The number of anilines is 3. The Morgan fingerprint density at radius 3 is 2.53 bits per heavy atom. The van der Waals surface area contributed by atoms with E-state index >= 15 is 0 Å². The van der Waals surface area contributed by atoms with Crippen LogP contribution in [0.15, 0.2) is 54.6 Å². The normalized spacial score (nSPS) is 10.4. The highest BCUT2D eigenvalue weighted by Gasteiger charge is 2.05. The van der Waals surface area contributed by atoms with Gasteiger partial charge in [0.2, 0.25) is 11.9 Å². The van der Waals surface area contributed by atoms with Crippen molar-refractivity contribution in [2.24, 2.45) is 0 Å². The van der Waals surface area contributed by atoms with Gasteiger partial charge in [0, 0.05) is 30.5 Å². The van der Waals surface area contributed by atoms with Crippen molar-refractivity contribution in [3.8, 4) is 5.75 Å². The standard InChI is InChI=1S/C23H27N5O2/c1-16-5-4-6-18(13-16)15-22(29)24-11-12-25-23-26-17(2)14-21(28-23)27-19-7-9-20(30-3)10-8-19/h4-10,13-14H,11-12,15H2,1-3H3,(H,24,29)(H2,25,26,27,28). The predicted octanol–water partition coefficient (Wildman–Crippen LogP) is 3.62. The van der Waals surface area contributed by atoms with Gasteiger partial charge in [0.25, 0.3) is 0 Å². The SMILES string of the molecule is COc1ccc(Nc2cc(C)nc(NCCNC(=O)Cc3cccc(C)c3)n2)cc1. The molecule has 1 heterocycles. The maximum Gasteiger partial charge on any atom is 0.224 e. The third-order valence-electron chi connectivity index (χ3n) is 4.39. The quantitative estimate of drug-likeness (QED) is 0.471. The van der Waals surface area contributed by atoms with Gasteiger partial charge in [0.1, 0.15) is 11.6 Å². The van der Waals surface area contributed by atoms with Crippen molar-refractivity contribution in [1.82, 2.24) is 15.3 Å². The zero-order chi connectivity index (χ0) is 21.3. The van der Waals surface area contributed by atoms with E-state index in [1.54, 1.807) is 7.11 Å². The molecule has 0 bridgehead atoms. The minimum absolute atomic E-state index is 0.00516. The van der Waals surface area contributed by atoms with Crippen LogP contribution in [0.3, 0.4) is 0 Å². The number of ether oxygens (including phenoxy) is 1. The first-order valence-corrected chi connectivity index (χ1v) is 9.85. The first-order chi connectivity index (χ1) is 14.5. The molecule has 1 amide bonds. The molecule has 7 heteroatoms. The van der Waals surface area contributed by atoms with Crippen molar-refractivity contribution in [2.75, 3.05) is 30.8 Å². The first kappa shape index (κ1) is 21.1. The van der Waals surface area contributed by atoms with E-state index in [1.165, 1.54) is 0 Å². The summed E-state index contributed by atoms with van der Waals surface area (Å²) in [6.07, 6.45) is 0.374. The number of methoxy groups -OCH3 is 1. The third kappa shape index (κ3) is 6.48. The van der Waals surface area contributed by atoms with Gasteiger partial charge in [0.05, 0.1) is 13.5 Å². The van der Waals surface area contributed by atoms with Gasteiger partial charge >= 0.3 is 0 Å². The van der Waals surface area contributed by atoms with Crippen LogP contribution in [0.2, 0.25) is 0 Å². The van der Waals surface area contributed by atoms with E-state index in [-0.39, 0.29) is 5.91 Å². The minimum Gasteiger partial charge on any atom is -0.497 e. The highest BCUT2D eigenvalue weighted by Crippen LogP contribution is 2.19. The lowest BCUT2D eigenvalue weighted by Crippen LogP contribution is -2.30. The average molecular weight is 406 g/mol. The Morgan fingerprint density at radius 1 is 1.00 bits per heavy atom. The molecule has 3 N–H and O–H groups in total. The third-order valence-corrected chi connectivity index (χ3v) is 4.39. The molecule has 0 radical (unpaired) electrons. The molecule has 3 rings (SSSR count). The summed E-state index contributed by atoms with van der Waals surface area (Å²) in [7, 11) is 1.64. The van der Waals surface area contributed by atoms with Crippen LogP contribution < -0.4 is 20.7 Å². The molecule has 0 aliphatic rings. The van der Waals surface area contributed by atoms with Crippen LogP contribution in [0.25, 0.3) is 0 Å². The second-order valence-electron chi connectivity index (χ2n) is 7.01. The number of aryl methyl sites for hydroxylation is 2. The molecule has 30 heavy (non-hydrogen) atoms. The number of aromatic nitrogens is 2. The molecule has 3 aromatic rings. The number of amides is 1. The molecule has 0 atom stereocenters. The zero-order valence-corrected chi connectivity index (χ0v) is 17.5. The molecule has 0 saturated heterocycles. The summed E-state index contributed by atoms with van der Waals surface area (Å²) in [5.74, 6) is 2.00. The lowest BCUT2D eigenvalue weighted by Gasteiger charge is -2.11. The summed E-state index contributed by atoms with van der Waals surface area (Å²) < 4.78 is 5.17. The lowest BCUT2D eigenvalue weighted by molar-refractivity contribution is -0.120. The van der Waals surface area contributed by atoms with Crippen LogP contribution in [0, 0.1) is 13.8 Å². The number of rotatable bonds is 9. The van der Waals surface area contributed by atoms with Crippen LogP contribution in [-0.2, 0) is 11.2 Å². The van der Waals surface area contributed by atoms with E-state index in [9.17, 15) is 4.79 Å². The van der Waals surface area contributed by atoms with Gasteiger partial charge in [-0.25, -0.2) is 4.98 Å². The molecule has 0 saturated carbocycles. The highest BCUT2D eigenvalue weighted by molar-refractivity contribution is 5.78. The summed E-state index contributed by atoms with van der Waals surface area (Å²) in [6, 6.07) is 17.5. The molecule has 0 spiro atoms. The molecule has 156 valence electrons.